The molecule has 2 nitrogen and oxygen atoms in total. The molecule has 0 aromatic heterocycles. The van der Waals surface area contributed by atoms with Crippen molar-refractivity contribution in [3.8, 4) is 6.07 Å². The second kappa shape index (κ2) is 5.33. The summed E-state index contributed by atoms with van der Waals surface area (Å²) in [6.45, 7) is 0.189. The number of rotatable bonds is 4. The maximum absolute atomic E-state index is 9.04. The third-order valence-corrected chi connectivity index (χ3v) is 3.92. The molecular formula is C15H19NO. The van der Waals surface area contributed by atoms with E-state index in [0.29, 0.717) is 12.8 Å². The smallest absolute Gasteiger partial charge is 0.0631 e. The lowest BCUT2D eigenvalue weighted by Gasteiger charge is -2.27. The number of benzene rings is 1. The molecule has 1 aromatic carbocycles. The Morgan fingerprint density at radius 2 is 2.06 bits per heavy atom. The first-order valence-corrected chi connectivity index (χ1v) is 6.38. The van der Waals surface area contributed by atoms with E-state index in [2.05, 4.69) is 30.3 Å². The fraction of sp³-hybridized carbons (Fsp3) is 0.533. The van der Waals surface area contributed by atoms with Gasteiger partial charge < -0.3 is 5.11 Å². The van der Waals surface area contributed by atoms with Gasteiger partial charge in [-0.25, -0.2) is 0 Å². The van der Waals surface area contributed by atoms with Crippen molar-refractivity contribution in [3.05, 3.63) is 35.4 Å². The Balaban J connectivity index is 2.30. The van der Waals surface area contributed by atoms with Gasteiger partial charge in [0.1, 0.15) is 0 Å². The highest BCUT2D eigenvalue weighted by Crippen LogP contribution is 2.43. The highest BCUT2D eigenvalue weighted by Gasteiger charge is 2.35. The topological polar surface area (TPSA) is 44.0 Å². The van der Waals surface area contributed by atoms with Gasteiger partial charge in [-0.1, -0.05) is 37.1 Å². The Hall–Kier alpha value is -1.33. The van der Waals surface area contributed by atoms with E-state index in [9.17, 15) is 0 Å². The Bertz CT molecular complexity index is 413. The van der Waals surface area contributed by atoms with E-state index < -0.39 is 0 Å². The number of aliphatic hydroxyl groups is 1. The van der Waals surface area contributed by atoms with Crippen molar-refractivity contribution in [2.75, 3.05) is 6.61 Å². The molecule has 90 valence electrons. The predicted molar refractivity (Wildman–Crippen MR) is 67.6 cm³/mol. The van der Waals surface area contributed by atoms with Crippen LogP contribution in [0.3, 0.4) is 0 Å². The van der Waals surface area contributed by atoms with Crippen molar-refractivity contribution < 1.29 is 5.11 Å². The van der Waals surface area contributed by atoms with Crippen molar-refractivity contribution in [3.63, 3.8) is 0 Å². The van der Waals surface area contributed by atoms with Crippen LogP contribution in [0.4, 0.5) is 0 Å². The van der Waals surface area contributed by atoms with E-state index in [4.69, 9.17) is 10.4 Å². The van der Waals surface area contributed by atoms with E-state index in [1.54, 1.807) is 0 Å². The minimum Gasteiger partial charge on any atom is -0.396 e. The van der Waals surface area contributed by atoms with Crippen LogP contribution in [0.5, 0.6) is 0 Å². The molecule has 0 amide bonds. The number of hydrogen-bond donors (Lipinski definition) is 1. The Kier molecular flexibility index (Phi) is 3.81. The van der Waals surface area contributed by atoms with Gasteiger partial charge in [0, 0.05) is 18.4 Å². The average Bonchev–Trinajstić information content (AvgIpc) is 2.80. The molecule has 1 fully saturated rings. The number of nitriles is 1. The molecule has 0 spiro atoms. The van der Waals surface area contributed by atoms with Gasteiger partial charge in [-0.2, -0.15) is 5.26 Å². The van der Waals surface area contributed by atoms with Crippen LogP contribution in [0.15, 0.2) is 24.3 Å². The van der Waals surface area contributed by atoms with Crippen molar-refractivity contribution >= 4 is 0 Å². The van der Waals surface area contributed by atoms with Crippen LogP contribution < -0.4 is 0 Å². The summed E-state index contributed by atoms with van der Waals surface area (Å²) in [5, 5.41) is 18.0. The number of nitrogens with zero attached hydrogens (tertiary/aromatic N) is 1. The summed E-state index contributed by atoms with van der Waals surface area (Å²) in [5.74, 6) is 0. The van der Waals surface area contributed by atoms with E-state index in [0.717, 1.165) is 12.8 Å². The van der Waals surface area contributed by atoms with Gasteiger partial charge in [0.05, 0.1) is 6.07 Å². The third-order valence-electron chi connectivity index (χ3n) is 3.92. The van der Waals surface area contributed by atoms with Crippen molar-refractivity contribution in [2.24, 2.45) is 0 Å². The quantitative estimate of drug-likeness (QED) is 0.862. The summed E-state index contributed by atoms with van der Waals surface area (Å²) in [6, 6.07) is 10.8. The van der Waals surface area contributed by atoms with Crippen LogP contribution in [-0.4, -0.2) is 11.7 Å². The van der Waals surface area contributed by atoms with Crippen LogP contribution in [0, 0.1) is 11.3 Å². The van der Waals surface area contributed by atoms with E-state index in [-0.39, 0.29) is 12.0 Å². The summed E-state index contributed by atoms with van der Waals surface area (Å²) >= 11 is 0. The maximum atomic E-state index is 9.04. The van der Waals surface area contributed by atoms with Crippen LogP contribution in [0.2, 0.25) is 0 Å². The molecule has 17 heavy (non-hydrogen) atoms. The first-order valence-electron chi connectivity index (χ1n) is 6.38. The Morgan fingerprint density at radius 3 is 2.71 bits per heavy atom. The second-order valence-corrected chi connectivity index (χ2v) is 5.00. The van der Waals surface area contributed by atoms with Gasteiger partial charge in [-0.05, 0) is 30.4 Å². The molecule has 0 saturated heterocycles. The van der Waals surface area contributed by atoms with Gasteiger partial charge >= 0.3 is 0 Å². The molecule has 2 rings (SSSR count). The second-order valence-electron chi connectivity index (χ2n) is 5.00. The zero-order valence-electron chi connectivity index (χ0n) is 10.2. The fourth-order valence-corrected chi connectivity index (χ4v) is 2.96. The molecule has 0 bridgehead atoms. The highest BCUT2D eigenvalue weighted by molar-refractivity contribution is 5.32. The Morgan fingerprint density at radius 1 is 1.29 bits per heavy atom. The van der Waals surface area contributed by atoms with Crippen molar-refractivity contribution in [1.82, 2.24) is 0 Å². The minimum atomic E-state index is 0.0835. The van der Waals surface area contributed by atoms with Crippen LogP contribution in [-0.2, 0) is 11.8 Å². The number of hydrogen-bond acceptors (Lipinski definition) is 2. The fourth-order valence-electron chi connectivity index (χ4n) is 2.96. The molecule has 0 radical (unpaired) electrons. The molecule has 2 heteroatoms. The summed E-state index contributed by atoms with van der Waals surface area (Å²) in [7, 11) is 0. The lowest BCUT2D eigenvalue weighted by molar-refractivity contribution is 0.299. The molecule has 0 aliphatic heterocycles. The summed E-state index contributed by atoms with van der Waals surface area (Å²) < 4.78 is 0. The van der Waals surface area contributed by atoms with Crippen molar-refractivity contribution in [1.29, 1.82) is 5.26 Å². The molecule has 0 heterocycles. The Labute approximate surface area is 103 Å². The summed E-state index contributed by atoms with van der Waals surface area (Å²) in [4.78, 5) is 0. The largest absolute Gasteiger partial charge is 0.396 e. The van der Waals surface area contributed by atoms with Crippen LogP contribution in [0.25, 0.3) is 0 Å². The lowest BCUT2D eigenvalue weighted by atomic mass is 9.76. The SMILES string of the molecule is N#CCC1(c2cccc(CCO)c2)CCCC1. The number of aliphatic hydroxyl groups excluding tert-OH is 1. The highest BCUT2D eigenvalue weighted by atomic mass is 16.2. The van der Waals surface area contributed by atoms with Crippen molar-refractivity contribution in [2.45, 2.75) is 43.9 Å². The summed E-state index contributed by atoms with van der Waals surface area (Å²) in [5.41, 5.74) is 2.55. The first-order chi connectivity index (χ1) is 8.30. The van der Waals surface area contributed by atoms with Gasteiger partial charge in [-0.3, -0.25) is 0 Å². The average molecular weight is 229 g/mol. The molecule has 0 unspecified atom stereocenters. The third kappa shape index (κ3) is 2.50. The van der Waals surface area contributed by atoms with Crippen LogP contribution >= 0.6 is 0 Å². The van der Waals surface area contributed by atoms with E-state index in [1.165, 1.54) is 24.0 Å². The predicted octanol–water partition coefficient (Wildman–Crippen LogP) is 2.95. The molecule has 1 aliphatic carbocycles. The van der Waals surface area contributed by atoms with Gasteiger partial charge in [0.25, 0.3) is 0 Å². The molecule has 0 atom stereocenters. The lowest BCUT2D eigenvalue weighted by Crippen LogP contribution is -2.21. The van der Waals surface area contributed by atoms with Crippen LogP contribution in [0.1, 0.15) is 43.2 Å². The first kappa shape index (κ1) is 12.1. The summed E-state index contributed by atoms with van der Waals surface area (Å²) in [6.07, 6.45) is 6.04. The minimum absolute atomic E-state index is 0.0835. The molecule has 1 aromatic rings. The van der Waals surface area contributed by atoms with Gasteiger partial charge in [0.2, 0.25) is 0 Å². The van der Waals surface area contributed by atoms with Gasteiger partial charge in [0.15, 0.2) is 0 Å². The van der Waals surface area contributed by atoms with E-state index >= 15 is 0 Å². The normalized spacial score (nSPS) is 17.9. The maximum Gasteiger partial charge on any atom is 0.0631 e. The van der Waals surface area contributed by atoms with Gasteiger partial charge in [-0.15, -0.1) is 0 Å². The molecule has 1 N–H and O–H groups in total. The zero-order valence-corrected chi connectivity index (χ0v) is 10.2. The molecular weight excluding hydrogens is 210 g/mol. The standard InChI is InChI=1S/C15H19NO/c16-10-9-15(7-1-2-8-15)14-5-3-4-13(12-14)6-11-17/h3-5,12,17H,1-2,6-9,11H2. The molecule has 1 saturated carbocycles. The monoisotopic (exact) mass is 229 g/mol. The molecule has 1 aliphatic rings. The zero-order chi connectivity index (χ0) is 12.1. The van der Waals surface area contributed by atoms with E-state index in [1.807, 2.05) is 0 Å².